The average Bonchev–Trinajstić information content (AvgIpc) is 2.47. The van der Waals surface area contributed by atoms with E-state index in [1.54, 1.807) is 0 Å². The van der Waals surface area contributed by atoms with Gasteiger partial charge in [0.2, 0.25) is 0 Å². The van der Waals surface area contributed by atoms with E-state index in [1.807, 2.05) is 12.1 Å². The topological polar surface area (TPSA) is 20.3 Å². The molecule has 2 rings (SSSR count). The molecule has 12 heavy (non-hydrogen) atoms. The molecule has 2 heteroatoms. The average molecular weight is 161 g/mol. The smallest absolute Gasteiger partial charge is 0.134 e. The maximum absolute atomic E-state index is 10.3. The van der Waals surface area contributed by atoms with E-state index in [-0.39, 0.29) is 0 Å². The lowest BCUT2D eigenvalue weighted by atomic mass is 10.1. The molecule has 0 saturated heterocycles. The van der Waals surface area contributed by atoms with E-state index in [0.29, 0.717) is 6.54 Å². The van der Waals surface area contributed by atoms with Crippen molar-refractivity contribution in [2.75, 3.05) is 6.54 Å². The molecule has 0 fully saturated rings. The van der Waals surface area contributed by atoms with Gasteiger partial charge in [-0.1, -0.05) is 24.3 Å². The van der Waals surface area contributed by atoms with Gasteiger partial charge in [0.1, 0.15) is 6.29 Å². The molecule has 0 aromatic heterocycles. The van der Waals surface area contributed by atoms with Crippen LogP contribution < -0.4 is 0 Å². The van der Waals surface area contributed by atoms with Crippen molar-refractivity contribution in [3.63, 3.8) is 0 Å². The third-order valence-corrected chi connectivity index (χ3v) is 2.24. The largest absolute Gasteiger partial charge is 0.302 e. The second-order valence-electron chi connectivity index (χ2n) is 3.10. The number of rotatable bonds is 2. The van der Waals surface area contributed by atoms with Crippen LogP contribution in [0.25, 0.3) is 0 Å². The Balaban J connectivity index is 2.16. The summed E-state index contributed by atoms with van der Waals surface area (Å²) in [5.41, 5.74) is 2.72. The third-order valence-electron chi connectivity index (χ3n) is 2.24. The molecule has 0 unspecified atom stereocenters. The quantitative estimate of drug-likeness (QED) is 0.607. The summed E-state index contributed by atoms with van der Waals surface area (Å²) >= 11 is 0. The predicted molar refractivity (Wildman–Crippen MR) is 46.6 cm³/mol. The first-order chi connectivity index (χ1) is 5.90. The van der Waals surface area contributed by atoms with Gasteiger partial charge < -0.3 is 4.79 Å². The lowest BCUT2D eigenvalue weighted by Gasteiger charge is -2.08. The monoisotopic (exact) mass is 161 g/mol. The van der Waals surface area contributed by atoms with Crippen LogP contribution in [0.4, 0.5) is 0 Å². The summed E-state index contributed by atoms with van der Waals surface area (Å²) < 4.78 is 0. The Morgan fingerprint density at radius 3 is 2.33 bits per heavy atom. The molecule has 0 bridgehead atoms. The van der Waals surface area contributed by atoms with E-state index in [9.17, 15) is 4.79 Å². The normalized spacial score (nSPS) is 16.0. The Kier molecular flexibility index (Phi) is 1.92. The van der Waals surface area contributed by atoms with Crippen LogP contribution in [0.15, 0.2) is 24.3 Å². The first kappa shape index (κ1) is 7.50. The summed E-state index contributed by atoms with van der Waals surface area (Å²) in [4.78, 5) is 12.4. The summed E-state index contributed by atoms with van der Waals surface area (Å²) in [5.74, 6) is 0. The minimum atomic E-state index is 0.550. The zero-order valence-corrected chi connectivity index (χ0v) is 6.86. The van der Waals surface area contributed by atoms with Gasteiger partial charge in [-0.3, -0.25) is 4.90 Å². The Bertz CT molecular complexity index is 271. The maximum Gasteiger partial charge on any atom is 0.134 e. The van der Waals surface area contributed by atoms with Crippen molar-refractivity contribution in [3.05, 3.63) is 35.4 Å². The highest BCUT2D eigenvalue weighted by molar-refractivity contribution is 5.52. The zero-order chi connectivity index (χ0) is 8.39. The number of aldehydes is 1. The van der Waals surface area contributed by atoms with E-state index in [1.165, 1.54) is 11.1 Å². The summed E-state index contributed by atoms with van der Waals surface area (Å²) in [6.45, 7) is 2.40. The van der Waals surface area contributed by atoms with Crippen LogP contribution >= 0.6 is 0 Å². The molecular formula is C10H11NO. The molecule has 0 atom stereocenters. The molecule has 1 aromatic rings. The van der Waals surface area contributed by atoms with Crippen LogP contribution in [0.1, 0.15) is 11.1 Å². The van der Waals surface area contributed by atoms with Gasteiger partial charge in [-0.2, -0.15) is 0 Å². The number of nitrogens with zero attached hydrogens (tertiary/aromatic N) is 1. The summed E-state index contributed by atoms with van der Waals surface area (Å²) in [5, 5.41) is 0. The fourth-order valence-electron chi connectivity index (χ4n) is 1.64. The highest BCUT2D eigenvalue weighted by Crippen LogP contribution is 2.20. The summed E-state index contributed by atoms with van der Waals surface area (Å²) in [7, 11) is 0. The van der Waals surface area contributed by atoms with Crippen LogP contribution in [0.5, 0.6) is 0 Å². The predicted octanol–water partition coefficient (Wildman–Crippen LogP) is 1.20. The van der Waals surface area contributed by atoms with E-state index in [0.717, 1.165) is 19.4 Å². The van der Waals surface area contributed by atoms with Gasteiger partial charge in [0, 0.05) is 13.1 Å². The zero-order valence-electron chi connectivity index (χ0n) is 6.86. The minimum Gasteiger partial charge on any atom is -0.302 e. The maximum atomic E-state index is 10.3. The van der Waals surface area contributed by atoms with Gasteiger partial charge in [0.05, 0.1) is 6.54 Å². The lowest BCUT2D eigenvalue weighted by molar-refractivity contribution is -0.108. The third kappa shape index (κ3) is 1.25. The van der Waals surface area contributed by atoms with E-state index in [4.69, 9.17) is 0 Å². The van der Waals surface area contributed by atoms with E-state index in [2.05, 4.69) is 17.0 Å². The van der Waals surface area contributed by atoms with E-state index >= 15 is 0 Å². The van der Waals surface area contributed by atoms with Crippen LogP contribution in [-0.4, -0.2) is 17.7 Å². The molecule has 0 amide bonds. The molecule has 0 N–H and O–H groups in total. The Morgan fingerprint density at radius 1 is 1.25 bits per heavy atom. The minimum absolute atomic E-state index is 0.550. The molecule has 0 aliphatic carbocycles. The number of hydrogen-bond acceptors (Lipinski definition) is 2. The van der Waals surface area contributed by atoms with Gasteiger partial charge in [0.25, 0.3) is 0 Å². The molecule has 0 saturated carbocycles. The highest BCUT2D eigenvalue weighted by Gasteiger charge is 2.16. The van der Waals surface area contributed by atoms with Gasteiger partial charge in [-0.15, -0.1) is 0 Å². The molecule has 1 aromatic carbocycles. The molecule has 0 radical (unpaired) electrons. The van der Waals surface area contributed by atoms with E-state index < -0.39 is 0 Å². The van der Waals surface area contributed by atoms with Crippen molar-refractivity contribution in [2.24, 2.45) is 0 Å². The van der Waals surface area contributed by atoms with Crippen molar-refractivity contribution in [1.82, 2.24) is 4.90 Å². The molecule has 62 valence electrons. The Hall–Kier alpha value is -1.15. The number of carbonyl (C=O) groups excluding carboxylic acids is 1. The Morgan fingerprint density at radius 2 is 1.83 bits per heavy atom. The van der Waals surface area contributed by atoms with Gasteiger partial charge in [-0.05, 0) is 11.1 Å². The number of hydrogen-bond donors (Lipinski definition) is 0. The van der Waals surface area contributed by atoms with Crippen molar-refractivity contribution >= 4 is 6.29 Å². The highest BCUT2D eigenvalue weighted by atomic mass is 16.1. The fraction of sp³-hybridized carbons (Fsp3) is 0.300. The van der Waals surface area contributed by atoms with Crippen molar-refractivity contribution in [2.45, 2.75) is 13.1 Å². The van der Waals surface area contributed by atoms with Crippen molar-refractivity contribution < 1.29 is 4.79 Å². The molecule has 1 aliphatic rings. The first-order valence-corrected chi connectivity index (χ1v) is 4.13. The number of carbonyl (C=O) groups is 1. The SMILES string of the molecule is O=CCN1Cc2ccccc2C1. The molecule has 0 spiro atoms. The van der Waals surface area contributed by atoms with Crippen LogP contribution in [0.3, 0.4) is 0 Å². The molecule has 1 heterocycles. The Labute approximate surface area is 71.8 Å². The molecule has 1 aliphatic heterocycles. The lowest BCUT2D eigenvalue weighted by Crippen LogP contribution is -2.18. The van der Waals surface area contributed by atoms with Gasteiger partial charge in [0.15, 0.2) is 0 Å². The second-order valence-corrected chi connectivity index (χ2v) is 3.10. The van der Waals surface area contributed by atoms with Crippen molar-refractivity contribution in [3.8, 4) is 0 Å². The van der Waals surface area contributed by atoms with Gasteiger partial charge in [-0.25, -0.2) is 0 Å². The molecular weight excluding hydrogens is 150 g/mol. The standard InChI is InChI=1S/C10H11NO/c12-6-5-11-7-9-3-1-2-4-10(9)8-11/h1-4,6H,5,7-8H2. The molecule has 2 nitrogen and oxygen atoms in total. The van der Waals surface area contributed by atoms with Crippen molar-refractivity contribution in [1.29, 1.82) is 0 Å². The summed E-state index contributed by atoms with van der Waals surface area (Å²) in [6, 6.07) is 8.34. The first-order valence-electron chi connectivity index (χ1n) is 4.13. The fourth-order valence-corrected chi connectivity index (χ4v) is 1.64. The van der Waals surface area contributed by atoms with Gasteiger partial charge >= 0.3 is 0 Å². The van der Waals surface area contributed by atoms with Crippen LogP contribution in [0, 0.1) is 0 Å². The summed E-state index contributed by atoms with van der Waals surface area (Å²) in [6.07, 6.45) is 0.964. The second kappa shape index (κ2) is 3.07. The number of benzene rings is 1. The van der Waals surface area contributed by atoms with Crippen LogP contribution in [-0.2, 0) is 17.9 Å². The van der Waals surface area contributed by atoms with Crippen LogP contribution in [0.2, 0.25) is 0 Å². The number of fused-ring (bicyclic) bond motifs is 1.